The summed E-state index contributed by atoms with van der Waals surface area (Å²) >= 11 is 1.56. The van der Waals surface area contributed by atoms with Gasteiger partial charge in [-0.15, -0.1) is 11.3 Å². The van der Waals surface area contributed by atoms with Crippen molar-refractivity contribution in [2.45, 2.75) is 36.8 Å². The largest absolute Gasteiger partial charge is 0.330 e. The van der Waals surface area contributed by atoms with Gasteiger partial charge in [-0.3, -0.25) is 14.8 Å². The number of pyridine rings is 1. The van der Waals surface area contributed by atoms with Crippen molar-refractivity contribution in [2.75, 3.05) is 25.5 Å². The van der Waals surface area contributed by atoms with E-state index in [0.717, 1.165) is 42.1 Å². The molecule has 0 atom stereocenters. The van der Waals surface area contributed by atoms with Crippen molar-refractivity contribution in [1.82, 2.24) is 20.2 Å². The number of anilines is 1. The molecule has 2 aromatic heterocycles. The van der Waals surface area contributed by atoms with Gasteiger partial charge in [-0.1, -0.05) is 30.3 Å². The molecule has 1 saturated carbocycles. The van der Waals surface area contributed by atoms with Crippen LogP contribution in [0.25, 0.3) is 10.6 Å². The first kappa shape index (κ1) is 20.2. The molecule has 1 spiro atoms. The van der Waals surface area contributed by atoms with E-state index in [4.69, 9.17) is 4.98 Å². The molecule has 3 aromatic rings. The Kier molecular flexibility index (Phi) is 5.02. The number of nitrogens with zero attached hydrogens (tertiary/aromatic N) is 4. The van der Waals surface area contributed by atoms with Gasteiger partial charge in [-0.25, -0.2) is 9.78 Å². The van der Waals surface area contributed by atoms with Crippen LogP contribution in [0.3, 0.4) is 0 Å². The zero-order valence-corrected chi connectivity index (χ0v) is 18.7. The minimum atomic E-state index is -0.189. The summed E-state index contributed by atoms with van der Waals surface area (Å²) in [6.07, 6.45) is 7.45. The van der Waals surface area contributed by atoms with Gasteiger partial charge in [0.1, 0.15) is 10.8 Å². The maximum absolute atomic E-state index is 12.9. The molecule has 0 unspecified atom stereocenters. The number of carbonyl (C=O) groups is 1. The van der Waals surface area contributed by atoms with Crippen LogP contribution in [0.4, 0.5) is 10.6 Å². The first-order valence-corrected chi connectivity index (χ1v) is 11.6. The second kappa shape index (κ2) is 7.73. The first-order valence-electron chi connectivity index (χ1n) is 10.7. The lowest BCUT2D eigenvalue weighted by molar-refractivity contribution is 0.0657. The molecule has 2 amide bonds. The molecule has 1 aromatic carbocycles. The SMILES string of the molecule is CN(C)C1(c2ccccc2)CCC2(CC1)CN(c1csc(-c3ccncc3)n1)C(=O)N2. The van der Waals surface area contributed by atoms with E-state index in [1.54, 1.807) is 23.7 Å². The van der Waals surface area contributed by atoms with Gasteiger partial charge in [0.15, 0.2) is 0 Å². The van der Waals surface area contributed by atoms with Crippen molar-refractivity contribution in [2.24, 2.45) is 0 Å². The van der Waals surface area contributed by atoms with E-state index in [0.29, 0.717) is 6.54 Å². The zero-order valence-electron chi connectivity index (χ0n) is 17.9. The summed E-state index contributed by atoms with van der Waals surface area (Å²) in [4.78, 5) is 25.9. The van der Waals surface area contributed by atoms with Gasteiger partial charge in [-0.05, 0) is 57.5 Å². The molecule has 1 N–H and O–H groups in total. The molecule has 2 fully saturated rings. The number of benzene rings is 1. The molecule has 1 aliphatic carbocycles. The van der Waals surface area contributed by atoms with Crippen molar-refractivity contribution in [3.05, 3.63) is 65.8 Å². The fourth-order valence-electron chi connectivity index (χ4n) is 5.08. The number of aromatic nitrogens is 2. The predicted molar refractivity (Wildman–Crippen MR) is 124 cm³/mol. The van der Waals surface area contributed by atoms with Crippen LogP contribution in [0.5, 0.6) is 0 Å². The number of hydrogen-bond acceptors (Lipinski definition) is 5. The lowest BCUT2D eigenvalue weighted by Gasteiger charge is -2.48. The zero-order chi connectivity index (χ0) is 21.5. The quantitative estimate of drug-likeness (QED) is 0.658. The molecular formula is C24H27N5OS. The van der Waals surface area contributed by atoms with Gasteiger partial charge in [0.25, 0.3) is 0 Å². The Balaban J connectivity index is 1.34. The summed E-state index contributed by atoms with van der Waals surface area (Å²) in [6, 6.07) is 14.6. The summed E-state index contributed by atoms with van der Waals surface area (Å²) in [5, 5.41) is 6.20. The van der Waals surface area contributed by atoms with Gasteiger partial charge in [0.05, 0.1) is 12.1 Å². The molecular weight excluding hydrogens is 406 g/mol. The standard InChI is InChI=1S/C24H27N5OS/c1-28(2)24(19-6-4-3-5-7-19)12-10-23(11-13-24)17-29(22(30)27-23)20-16-31-21(26-20)18-8-14-25-15-9-18/h3-9,14-16H,10-13,17H2,1-2H3,(H,27,30). The van der Waals surface area contributed by atoms with Gasteiger partial charge in [0, 0.05) is 28.9 Å². The Bertz CT molecular complexity index is 1060. The topological polar surface area (TPSA) is 61.4 Å². The van der Waals surface area contributed by atoms with E-state index in [9.17, 15) is 4.79 Å². The average molecular weight is 434 g/mol. The van der Waals surface area contributed by atoms with Crippen LogP contribution in [0.2, 0.25) is 0 Å². The van der Waals surface area contributed by atoms with Crippen molar-refractivity contribution in [3.8, 4) is 10.6 Å². The molecule has 5 rings (SSSR count). The van der Waals surface area contributed by atoms with E-state index in [1.807, 2.05) is 22.4 Å². The molecule has 2 aliphatic rings. The number of hydrogen-bond donors (Lipinski definition) is 1. The maximum Gasteiger partial charge on any atom is 0.323 e. The number of carbonyl (C=O) groups excluding carboxylic acids is 1. The highest BCUT2D eigenvalue weighted by Gasteiger charge is 2.50. The molecule has 7 heteroatoms. The summed E-state index contributed by atoms with van der Waals surface area (Å²) in [5.74, 6) is 0.735. The number of urea groups is 1. The van der Waals surface area contributed by atoms with Gasteiger partial charge in [-0.2, -0.15) is 0 Å². The minimum absolute atomic E-state index is 0.0137. The summed E-state index contributed by atoms with van der Waals surface area (Å²) in [5.41, 5.74) is 2.21. The highest BCUT2D eigenvalue weighted by molar-refractivity contribution is 7.13. The number of nitrogens with one attached hydrogen (secondary N) is 1. The molecule has 0 radical (unpaired) electrons. The van der Waals surface area contributed by atoms with Crippen molar-refractivity contribution in [1.29, 1.82) is 0 Å². The third-order valence-electron chi connectivity index (χ3n) is 6.98. The Morgan fingerprint density at radius 1 is 1.03 bits per heavy atom. The van der Waals surface area contributed by atoms with E-state index < -0.39 is 0 Å². The third kappa shape index (κ3) is 3.51. The molecule has 1 aliphatic heterocycles. The van der Waals surface area contributed by atoms with Crippen LogP contribution in [0.1, 0.15) is 31.2 Å². The van der Waals surface area contributed by atoms with E-state index in [1.165, 1.54) is 5.56 Å². The fraction of sp³-hybridized carbons (Fsp3) is 0.375. The summed E-state index contributed by atoms with van der Waals surface area (Å²) in [6.45, 7) is 0.670. The van der Waals surface area contributed by atoms with Crippen molar-refractivity contribution >= 4 is 23.2 Å². The van der Waals surface area contributed by atoms with Crippen LogP contribution in [0.15, 0.2) is 60.2 Å². The highest BCUT2D eigenvalue weighted by Crippen LogP contribution is 2.46. The van der Waals surface area contributed by atoms with Crippen LogP contribution in [-0.2, 0) is 5.54 Å². The molecule has 6 nitrogen and oxygen atoms in total. The summed E-state index contributed by atoms with van der Waals surface area (Å²) in [7, 11) is 4.33. The van der Waals surface area contributed by atoms with Crippen molar-refractivity contribution in [3.63, 3.8) is 0 Å². The number of thiazole rings is 1. The van der Waals surface area contributed by atoms with Crippen LogP contribution >= 0.6 is 11.3 Å². The van der Waals surface area contributed by atoms with Gasteiger partial charge in [0.2, 0.25) is 0 Å². The molecule has 1 saturated heterocycles. The fourth-order valence-corrected chi connectivity index (χ4v) is 5.89. The van der Waals surface area contributed by atoms with Crippen LogP contribution in [-0.4, -0.2) is 47.1 Å². The Hall–Kier alpha value is -2.77. The lowest BCUT2D eigenvalue weighted by Crippen LogP contribution is -2.54. The Labute approximate surface area is 186 Å². The maximum atomic E-state index is 12.9. The summed E-state index contributed by atoms with van der Waals surface area (Å²) < 4.78 is 0. The van der Waals surface area contributed by atoms with Crippen LogP contribution in [0, 0.1) is 0 Å². The van der Waals surface area contributed by atoms with Crippen LogP contribution < -0.4 is 10.2 Å². The van der Waals surface area contributed by atoms with E-state index in [2.05, 4.69) is 59.6 Å². The minimum Gasteiger partial charge on any atom is -0.330 e. The smallest absolute Gasteiger partial charge is 0.323 e. The normalized spacial score (nSPS) is 25.9. The highest BCUT2D eigenvalue weighted by atomic mass is 32.1. The average Bonchev–Trinajstić information content (AvgIpc) is 3.40. The second-order valence-corrected chi connectivity index (χ2v) is 9.69. The third-order valence-corrected chi connectivity index (χ3v) is 7.85. The van der Waals surface area contributed by atoms with Gasteiger partial charge >= 0.3 is 6.03 Å². The molecule has 31 heavy (non-hydrogen) atoms. The number of rotatable bonds is 4. The van der Waals surface area contributed by atoms with E-state index >= 15 is 0 Å². The Morgan fingerprint density at radius 2 is 1.74 bits per heavy atom. The van der Waals surface area contributed by atoms with E-state index in [-0.39, 0.29) is 17.1 Å². The molecule has 0 bridgehead atoms. The monoisotopic (exact) mass is 433 g/mol. The lowest BCUT2D eigenvalue weighted by atomic mass is 9.69. The molecule has 160 valence electrons. The molecule has 3 heterocycles. The number of amides is 2. The first-order chi connectivity index (χ1) is 15.0. The van der Waals surface area contributed by atoms with Crippen molar-refractivity contribution < 1.29 is 4.79 Å². The van der Waals surface area contributed by atoms with Gasteiger partial charge < -0.3 is 5.32 Å². The Morgan fingerprint density at radius 3 is 2.42 bits per heavy atom. The predicted octanol–water partition coefficient (Wildman–Crippen LogP) is 4.50. The second-order valence-electron chi connectivity index (χ2n) is 8.84.